The number of imidazole rings is 1. The Kier molecular flexibility index (Phi) is 9.83. The van der Waals surface area contributed by atoms with Crippen LogP contribution < -0.4 is 5.14 Å². The van der Waals surface area contributed by atoms with Crippen molar-refractivity contribution < 1.29 is 26.9 Å². The zero-order valence-corrected chi connectivity index (χ0v) is 24.9. The van der Waals surface area contributed by atoms with Crippen LogP contribution in [0.4, 0.5) is 13.2 Å². The predicted octanol–water partition coefficient (Wildman–Crippen LogP) is 6.34. The lowest BCUT2D eigenvalue weighted by molar-refractivity contribution is -0.265. The molecule has 1 unspecified atom stereocenters. The van der Waals surface area contributed by atoms with Gasteiger partial charge in [0.2, 0.25) is 0 Å². The first-order valence-corrected chi connectivity index (χ1v) is 17.2. The predicted molar refractivity (Wildman–Crippen MR) is 141 cm³/mol. The Morgan fingerprint density at radius 3 is 2.37 bits per heavy atom. The number of alkyl halides is 3. The van der Waals surface area contributed by atoms with Gasteiger partial charge in [0, 0.05) is 25.1 Å². The summed E-state index contributed by atoms with van der Waals surface area (Å²) >= 11 is 3.45. The molecule has 0 radical (unpaired) electrons. The minimum atomic E-state index is -4.55. The van der Waals surface area contributed by atoms with Gasteiger partial charge < -0.3 is 14.0 Å². The molecule has 0 amide bonds. The SMILES string of the molecule is CC(C)(C[C@@H](COC(C)(C)C(F)(F)F)c1nc2cc(Br)ccc2n1COCC[Si](C)(C)C)S(N)=O. The Labute approximate surface area is 217 Å². The van der Waals surface area contributed by atoms with Crippen molar-refractivity contribution in [2.45, 2.75) is 89.0 Å². The lowest BCUT2D eigenvalue weighted by Crippen LogP contribution is -2.43. The van der Waals surface area contributed by atoms with Crippen LogP contribution >= 0.6 is 15.9 Å². The largest absolute Gasteiger partial charge is 0.416 e. The highest BCUT2D eigenvalue weighted by molar-refractivity contribution is 9.10. The van der Waals surface area contributed by atoms with E-state index in [4.69, 9.17) is 19.6 Å². The van der Waals surface area contributed by atoms with E-state index >= 15 is 0 Å². The highest BCUT2D eigenvalue weighted by Crippen LogP contribution is 2.37. The second kappa shape index (κ2) is 11.3. The monoisotopic (exact) mass is 599 g/mol. The van der Waals surface area contributed by atoms with E-state index in [1.165, 1.54) is 0 Å². The molecule has 0 spiro atoms. The van der Waals surface area contributed by atoms with Gasteiger partial charge in [0.05, 0.1) is 33.4 Å². The highest BCUT2D eigenvalue weighted by atomic mass is 79.9. The van der Waals surface area contributed by atoms with Crippen molar-refractivity contribution in [3.8, 4) is 0 Å². The van der Waals surface area contributed by atoms with Gasteiger partial charge in [-0.1, -0.05) is 35.6 Å². The van der Waals surface area contributed by atoms with Crippen LogP contribution in [0.3, 0.4) is 0 Å². The van der Waals surface area contributed by atoms with Gasteiger partial charge in [-0.25, -0.2) is 9.19 Å². The summed E-state index contributed by atoms with van der Waals surface area (Å²) in [6.45, 7) is 12.7. The fourth-order valence-corrected chi connectivity index (χ4v) is 4.87. The Hall–Kier alpha value is -0.793. The van der Waals surface area contributed by atoms with Crippen LogP contribution in [0.15, 0.2) is 22.7 Å². The van der Waals surface area contributed by atoms with Crippen LogP contribution in [0.2, 0.25) is 25.7 Å². The van der Waals surface area contributed by atoms with Gasteiger partial charge in [-0.15, -0.1) is 0 Å². The summed E-state index contributed by atoms with van der Waals surface area (Å²) in [5.74, 6) is -0.0894. The van der Waals surface area contributed by atoms with Crippen molar-refractivity contribution >= 4 is 46.0 Å². The lowest BCUT2D eigenvalue weighted by atomic mass is 9.95. The Morgan fingerprint density at radius 1 is 1.20 bits per heavy atom. The second-order valence-electron chi connectivity index (χ2n) is 11.2. The Bertz CT molecular complexity index is 1040. The second-order valence-corrected chi connectivity index (χ2v) is 19.4. The fraction of sp³-hybridized carbons (Fsp3) is 0.696. The van der Waals surface area contributed by atoms with Crippen LogP contribution in [-0.4, -0.2) is 51.6 Å². The van der Waals surface area contributed by atoms with Crippen LogP contribution in [0.5, 0.6) is 0 Å². The highest BCUT2D eigenvalue weighted by Gasteiger charge is 2.49. The van der Waals surface area contributed by atoms with Crippen molar-refractivity contribution in [3.63, 3.8) is 0 Å². The lowest BCUT2D eigenvalue weighted by Gasteiger charge is -2.32. The zero-order valence-electron chi connectivity index (χ0n) is 21.5. The normalized spacial score (nSPS) is 15.5. The number of hydrogen-bond donors (Lipinski definition) is 1. The molecule has 6 nitrogen and oxygen atoms in total. The number of aromatic nitrogens is 2. The fourth-order valence-electron chi connectivity index (χ4n) is 3.39. The third kappa shape index (κ3) is 8.36. The summed E-state index contributed by atoms with van der Waals surface area (Å²) in [5.41, 5.74) is -0.886. The third-order valence-electron chi connectivity index (χ3n) is 5.93. The molecule has 2 rings (SSSR count). The molecule has 0 fully saturated rings. The molecule has 1 aromatic carbocycles. The van der Waals surface area contributed by atoms with E-state index in [1.807, 2.05) is 22.8 Å². The molecule has 2 atom stereocenters. The molecule has 12 heteroatoms. The average molecular weight is 601 g/mol. The molecule has 1 aromatic heterocycles. The first-order valence-electron chi connectivity index (χ1n) is 11.4. The molecule has 2 N–H and O–H groups in total. The van der Waals surface area contributed by atoms with E-state index in [0.717, 1.165) is 29.9 Å². The van der Waals surface area contributed by atoms with E-state index in [1.54, 1.807) is 13.8 Å². The molecule has 0 aliphatic heterocycles. The standard InChI is InChI=1S/C23H37BrF3N3O3SSi/c1-21(2,34(28)31)13-16(14-33-22(3,4)23(25,26)27)20-29-18-12-17(24)8-9-19(18)30(20)15-32-10-11-35(5,6)7/h8-9,12,16H,10-11,13-15,28H2,1-7H3/t16-,34?/m0/s1. The molecule has 200 valence electrons. The van der Waals surface area contributed by atoms with Gasteiger partial charge >= 0.3 is 6.18 Å². The van der Waals surface area contributed by atoms with Crippen LogP contribution in [0.25, 0.3) is 11.0 Å². The Morgan fingerprint density at radius 2 is 1.83 bits per heavy atom. The molecule has 2 aromatic rings. The van der Waals surface area contributed by atoms with Crippen molar-refractivity contribution in [1.29, 1.82) is 0 Å². The average Bonchev–Trinajstić information content (AvgIpc) is 3.04. The van der Waals surface area contributed by atoms with E-state index in [2.05, 4.69) is 35.6 Å². The van der Waals surface area contributed by atoms with Gasteiger partial charge in [-0.3, -0.25) is 5.14 Å². The molecule has 35 heavy (non-hydrogen) atoms. The van der Waals surface area contributed by atoms with Crippen molar-refractivity contribution in [2.24, 2.45) is 5.14 Å². The summed E-state index contributed by atoms with van der Waals surface area (Å²) < 4.78 is 66.0. The van der Waals surface area contributed by atoms with Crippen LogP contribution in [0, 0.1) is 0 Å². The van der Waals surface area contributed by atoms with Gasteiger partial charge in [0.15, 0.2) is 5.60 Å². The molecular weight excluding hydrogens is 563 g/mol. The van der Waals surface area contributed by atoms with Crippen molar-refractivity contribution in [2.75, 3.05) is 13.2 Å². The zero-order chi connectivity index (χ0) is 26.8. The topological polar surface area (TPSA) is 79.4 Å². The number of benzene rings is 1. The number of nitrogens with zero attached hydrogens (tertiary/aromatic N) is 2. The number of rotatable bonds is 12. The van der Waals surface area contributed by atoms with E-state index < -0.39 is 41.5 Å². The molecule has 0 aliphatic carbocycles. The number of nitrogens with two attached hydrogens (primary N) is 1. The minimum Gasteiger partial charge on any atom is -0.365 e. The first-order chi connectivity index (χ1) is 15.8. The van der Waals surface area contributed by atoms with E-state index in [9.17, 15) is 17.4 Å². The summed E-state index contributed by atoms with van der Waals surface area (Å²) in [5, 5.41) is 5.72. The summed E-state index contributed by atoms with van der Waals surface area (Å²) in [6, 6.07) is 6.60. The summed E-state index contributed by atoms with van der Waals surface area (Å²) in [6.07, 6.45) is -4.34. The van der Waals surface area contributed by atoms with Gasteiger partial charge in [-0.2, -0.15) is 13.2 Å². The first kappa shape index (κ1) is 30.4. The van der Waals surface area contributed by atoms with Gasteiger partial charge in [-0.05, 0) is 58.4 Å². The molecule has 1 heterocycles. The van der Waals surface area contributed by atoms with Crippen molar-refractivity contribution in [3.05, 3.63) is 28.5 Å². The Balaban J connectivity index is 2.49. The van der Waals surface area contributed by atoms with Crippen LogP contribution in [0.1, 0.15) is 45.9 Å². The molecule has 0 saturated carbocycles. The summed E-state index contributed by atoms with van der Waals surface area (Å²) in [4.78, 5) is 4.77. The van der Waals surface area contributed by atoms with Crippen molar-refractivity contribution in [1.82, 2.24) is 9.55 Å². The third-order valence-corrected chi connectivity index (χ3v) is 9.39. The molecule has 0 saturated heterocycles. The maximum atomic E-state index is 13.5. The van der Waals surface area contributed by atoms with Gasteiger partial charge in [0.1, 0.15) is 12.6 Å². The summed E-state index contributed by atoms with van der Waals surface area (Å²) in [7, 11) is -3.01. The van der Waals surface area contributed by atoms with Gasteiger partial charge in [0.25, 0.3) is 0 Å². The molecule has 0 bridgehead atoms. The molecular formula is C23H37BrF3N3O3SSi. The van der Waals surface area contributed by atoms with E-state index in [0.29, 0.717) is 17.9 Å². The molecule has 0 aliphatic rings. The maximum Gasteiger partial charge on any atom is 0.416 e. The van der Waals surface area contributed by atoms with E-state index in [-0.39, 0.29) is 19.8 Å². The van der Waals surface area contributed by atoms with Crippen LogP contribution in [-0.2, 0) is 27.2 Å². The number of hydrogen-bond acceptors (Lipinski definition) is 4. The number of halogens is 4. The minimum absolute atomic E-state index is 0.198. The maximum absolute atomic E-state index is 13.5. The smallest absolute Gasteiger partial charge is 0.365 e. The number of ether oxygens (including phenoxy) is 2. The quantitative estimate of drug-likeness (QED) is 0.228. The number of fused-ring (bicyclic) bond motifs is 1.